The maximum atomic E-state index is 10.6. The molecule has 60 valence electrons. The summed E-state index contributed by atoms with van der Waals surface area (Å²) in [6, 6.07) is 0. The molecule has 4 heteroatoms. The molecule has 0 saturated heterocycles. The van der Waals surface area contributed by atoms with E-state index in [4.69, 9.17) is 4.74 Å². The van der Waals surface area contributed by atoms with Gasteiger partial charge in [-0.15, -0.1) is 0 Å². The summed E-state index contributed by atoms with van der Waals surface area (Å²) >= 11 is 3.02. The zero-order valence-electron chi connectivity index (χ0n) is 6.61. The summed E-state index contributed by atoms with van der Waals surface area (Å²) in [6.45, 7) is 6.48. The molecule has 0 aliphatic rings. The summed E-state index contributed by atoms with van der Waals surface area (Å²) < 4.78 is 4.93. The summed E-state index contributed by atoms with van der Waals surface area (Å²) in [7, 11) is -1.20. The van der Waals surface area contributed by atoms with Crippen LogP contribution in [0.25, 0.3) is 0 Å². The van der Waals surface area contributed by atoms with E-state index in [0.717, 1.165) is 0 Å². The Balaban J connectivity index is 3.46. The van der Waals surface area contributed by atoms with Gasteiger partial charge in [0.25, 0.3) is 0 Å². The largest absolute Gasteiger partial charge is 0.469 e. The summed E-state index contributed by atoms with van der Waals surface area (Å²) in [5.41, 5.74) is 0. The lowest BCUT2D eigenvalue weighted by Gasteiger charge is -2.14. The number of esters is 1. The first-order chi connectivity index (χ1) is 4.45. The van der Waals surface area contributed by atoms with Crippen LogP contribution in [0.5, 0.6) is 0 Å². The standard InChI is InChI=1S/C6H13BrO2Si/c1-10(2,3)5-9-6(8)4-7/h4-5H2,1-3H3. The van der Waals surface area contributed by atoms with E-state index in [-0.39, 0.29) is 5.97 Å². The summed E-state index contributed by atoms with van der Waals surface area (Å²) in [4.78, 5) is 10.6. The molecule has 0 saturated carbocycles. The molecule has 10 heavy (non-hydrogen) atoms. The smallest absolute Gasteiger partial charge is 0.316 e. The Kier molecular flexibility index (Phi) is 4.20. The van der Waals surface area contributed by atoms with E-state index in [1.165, 1.54) is 0 Å². The van der Waals surface area contributed by atoms with Crippen LogP contribution in [0.3, 0.4) is 0 Å². The molecule has 2 nitrogen and oxygen atoms in total. The van der Waals surface area contributed by atoms with Gasteiger partial charge in [-0.1, -0.05) is 35.6 Å². The Hall–Kier alpha value is 0.167. The maximum Gasteiger partial charge on any atom is 0.316 e. The Morgan fingerprint density at radius 2 is 2.00 bits per heavy atom. The summed E-state index contributed by atoms with van der Waals surface area (Å²) in [6.07, 6.45) is 0.622. The summed E-state index contributed by atoms with van der Waals surface area (Å²) in [5, 5.41) is 0.303. The zero-order chi connectivity index (χ0) is 8.20. The second-order valence-corrected chi connectivity index (χ2v) is 9.33. The fourth-order valence-corrected chi connectivity index (χ4v) is 1.09. The van der Waals surface area contributed by atoms with E-state index >= 15 is 0 Å². The highest BCUT2D eigenvalue weighted by Crippen LogP contribution is 2.00. The fraction of sp³-hybridized carbons (Fsp3) is 0.833. The zero-order valence-corrected chi connectivity index (χ0v) is 9.19. The Morgan fingerprint density at radius 1 is 1.50 bits per heavy atom. The van der Waals surface area contributed by atoms with Crippen molar-refractivity contribution in [3.63, 3.8) is 0 Å². The van der Waals surface area contributed by atoms with Crippen LogP contribution in [0, 0.1) is 0 Å². The topological polar surface area (TPSA) is 26.3 Å². The Bertz CT molecular complexity index is 119. The third-order valence-electron chi connectivity index (χ3n) is 0.775. The molecule has 0 atom stereocenters. The number of rotatable bonds is 3. The van der Waals surface area contributed by atoms with Crippen molar-refractivity contribution in [2.24, 2.45) is 0 Å². The van der Waals surface area contributed by atoms with Crippen molar-refractivity contribution in [1.82, 2.24) is 0 Å². The van der Waals surface area contributed by atoms with Gasteiger partial charge < -0.3 is 4.74 Å². The summed E-state index contributed by atoms with van der Waals surface area (Å²) in [5.74, 6) is -0.164. The van der Waals surface area contributed by atoms with E-state index in [0.29, 0.717) is 11.6 Å². The first-order valence-electron chi connectivity index (χ1n) is 3.17. The molecule has 0 amide bonds. The molecule has 0 aliphatic heterocycles. The minimum atomic E-state index is -1.20. The van der Waals surface area contributed by atoms with Crippen LogP contribution in [0.2, 0.25) is 19.6 Å². The molecule has 0 fully saturated rings. The van der Waals surface area contributed by atoms with Crippen LogP contribution < -0.4 is 0 Å². The van der Waals surface area contributed by atoms with Crippen molar-refractivity contribution in [2.45, 2.75) is 19.6 Å². The second-order valence-electron chi connectivity index (χ2n) is 3.35. The van der Waals surface area contributed by atoms with Crippen molar-refractivity contribution in [2.75, 3.05) is 11.6 Å². The van der Waals surface area contributed by atoms with Crippen molar-refractivity contribution < 1.29 is 9.53 Å². The van der Waals surface area contributed by atoms with Crippen molar-refractivity contribution in [1.29, 1.82) is 0 Å². The van der Waals surface area contributed by atoms with Crippen LogP contribution in [0.4, 0.5) is 0 Å². The highest BCUT2D eigenvalue weighted by Gasteiger charge is 2.15. The number of halogens is 1. The van der Waals surface area contributed by atoms with Gasteiger partial charge in [-0.3, -0.25) is 4.79 Å². The monoisotopic (exact) mass is 224 g/mol. The maximum absolute atomic E-state index is 10.6. The van der Waals surface area contributed by atoms with Gasteiger partial charge >= 0.3 is 5.97 Å². The van der Waals surface area contributed by atoms with Crippen molar-refractivity contribution in [3.05, 3.63) is 0 Å². The number of carbonyl (C=O) groups is 1. The molecule has 0 rings (SSSR count). The van der Waals surface area contributed by atoms with Gasteiger partial charge in [-0.05, 0) is 0 Å². The normalized spacial score (nSPS) is 11.2. The third-order valence-corrected chi connectivity index (χ3v) is 2.24. The molecule has 0 N–H and O–H groups in total. The van der Waals surface area contributed by atoms with Gasteiger partial charge in [-0.25, -0.2) is 0 Å². The fourth-order valence-electron chi connectivity index (χ4n) is 0.336. The van der Waals surface area contributed by atoms with Crippen molar-refractivity contribution >= 4 is 30.0 Å². The predicted octanol–water partition coefficient (Wildman–Crippen LogP) is 1.80. The van der Waals surface area contributed by atoms with E-state index in [1.807, 2.05) is 0 Å². The molecule has 0 aromatic heterocycles. The molecule has 0 unspecified atom stereocenters. The second kappa shape index (κ2) is 4.13. The van der Waals surface area contributed by atoms with E-state index < -0.39 is 8.07 Å². The highest BCUT2D eigenvalue weighted by atomic mass is 79.9. The van der Waals surface area contributed by atoms with Crippen LogP contribution in [0.1, 0.15) is 0 Å². The van der Waals surface area contributed by atoms with E-state index in [9.17, 15) is 4.79 Å². The molecule has 0 radical (unpaired) electrons. The van der Waals surface area contributed by atoms with E-state index in [1.54, 1.807) is 0 Å². The first kappa shape index (κ1) is 10.2. The average molecular weight is 225 g/mol. The third kappa shape index (κ3) is 6.29. The van der Waals surface area contributed by atoms with Gasteiger partial charge in [0.15, 0.2) is 0 Å². The molecule has 0 spiro atoms. The van der Waals surface area contributed by atoms with Crippen molar-refractivity contribution in [3.8, 4) is 0 Å². The SMILES string of the molecule is C[Si](C)(C)COC(=O)CBr. The quantitative estimate of drug-likeness (QED) is 0.416. The number of alkyl halides is 1. The minimum absolute atomic E-state index is 0.164. The number of hydrogen-bond donors (Lipinski definition) is 0. The predicted molar refractivity (Wildman–Crippen MR) is 48.1 cm³/mol. The Morgan fingerprint density at radius 3 is 2.30 bits per heavy atom. The average Bonchev–Trinajstić information content (AvgIpc) is 1.81. The van der Waals surface area contributed by atoms with E-state index in [2.05, 4.69) is 35.6 Å². The number of carbonyl (C=O) groups excluding carboxylic acids is 1. The first-order valence-corrected chi connectivity index (χ1v) is 8.00. The number of hydrogen-bond acceptors (Lipinski definition) is 2. The van der Waals surface area contributed by atoms with Crippen LogP contribution in [0.15, 0.2) is 0 Å². The van der Waals surface area contributed by atoms with Crippen LogP contribution >= 0.6 is 15.9 Å². The lowest BCUT2D eigenvalue weighted by Crippen LogP contribution is -2.30. The van der Waals surface area contributed by atoms with Gasteiger partial charge in [0.1, 0.15) is 5.33 Å². The molecule has 0 aromatic carbocycles. The molecular formula is C6H13BrO2Si. The molecule has 0 aromatic rings. The molecular weight excluding hydrogens is 212 g/mol. The molecule has 0 aliphatic carbocycles. The van der Waals surface area contributed by atoms with Crippen LogP contribution in [-0.2, 0) is 9.53 Å². The minimum Gasteiger partial charge on any atom is -0.469 e. The lowest BCUT2D eigenvalue weighted by atomic mass is 10.8. The van der Waals surface area contributed by atoms with Gasteiger partial charge in [0.2, 0.25) is 0 Å². The number of ether oxygens (including phenoxy) is 1. The van der Waals surface area contributed by atoms with Gasteiger partial charge in [-0.2, -0.15) is 0 Å². The highest BCUT2D eigenvalue weighted by molar-refractivity contribution is 9.09. The van der Waals surface area contributed by atoms with Crippen LogP contribution in [-0.4, -0.2) is 25.6 Å². The molecule has 0 bridgehead atoms. The molecule has 0 heterocycles. The Labute approximate surface area is 71.1 Å². The van der Waals surface area contributed by atoms with Gasteiger partial charge in [0.05, 0.1) is 14.3 Å². The van der Waals surface area contributed by atoms with Gasteiger partial charge in [0, 0.05) is 0 Å². The lowest BCUT2D eigenvalue weighted by molar-refractivity contribution is -0.138.